The average Bonchev–Trinajstić information content (AvgIpc) is 3.61. The van der Waals surface area contributed by atoms with Gasteiger partial charge in [0.1, 0.15) is 12.3 Å². The quantitative estimate of drug-likeness (QED) is 0.129. The summed E-state index contributed by atoms with van der Waals surface area (Å²) in [5.41, 5.74) is 9.28. The third-order valence-electron chi connectivity index (χ3n) is 6.61. The lowest BCUT2D eigenvalue weighted by molar-refractivity contribution is -0.145. The van der Waals surface area contributed by atoms with Gasteiger partial charge in [0.25, 0.3) is 5.91 Å². The summed E-state index contributed by atoms with van der Waals surface area (Å²) in [4.78, 5) is 33.1. The molecule has 0 spiro atoms. The summed E-state index contributed by atoms with van der Waals surface area (Å²) in [5.74, 6) is -0.979. The van der Waals surface area contributed by atoms with Gasteiger partial charge in [0, 0.05) is 23.6 Å². The van der Waals surface area contributed by atoms with E-state index >= 15 is 0 Å². The zero-order valence-electron chi connectivity index (χ0n) is 23.1. The van der Waals surface area contributed by atoms with Gasteiger partial charge >= 0.3 is 5.97 Å². The number of para-hydroxylation sites is 1. The number of sulfonamides is 1. The van der Waals surface area contributed by atoms with Crippen LogP contribution in [-0.4, -0.2) is 49.5 Å². The van der Waals surface area contributed by atoms with E-state index in [9.17, 15) is 18.0 Å². The third kappa shape index (κ3) is 7.81. The van der Waals surface area contributed by atoms with Crippen LogP contribution in [0.25, 0.3) is 10.9 Å². The number of hydrogen-bond donors (Lipinski definition) is 4. The van der Waals surface area contributed by atoms with E-state index in [2.05, 4.69) is 20.0 Å². The number of hydrogen-bond acceptors (Lipinski definition) is 8. The first-order valence-electron chi connectivity index (χ1n) is 13.5. The molecule has 2 heterocycles. The van der Waals surface area contributed by atoms with E-state index in [0.717, 1.165) is 22.0 Å². The number of rotatable bonds is 14. The van der Waals surface area contributed by atoms with Crippen molar-refractivity contribution >= 4 is 32.8 Å². The number of nitrogens with zero attached hydrogens (tertiary/aromatic N) is 1. The highest BCUT2D eigenvalue weighted by Gasteiger charge is 2.25. The maximum atomic E-state index is 12.9. The fourth-order valence-electron chi connectivity index (χ4n) is 4.39. The zero-order chi connectivity index (χ0) is 29.4. The molecule has 0 saturated carbocycles. The second-order valence-electron chi connectivity index (χ2n) is 9.73. The number of carbonyl (C=O) groups is 2. The van der Waals surface area contributed by atoms with Gasteiger partial charge in [0.05, 0.1) is 17.5 Å². The smallest absolute Gasteiger partial charge is 0.328 e. The van der Waals surface area contributed by atoms with Gasteiger partial charge in [-0.1, -0.05) is 35.9 Å². The minimum absolute atomic E-state index is 0.00506. The van der Waals surface area contributed by atoms with E-state index in [-0.39, 0.29) is 36.1 Å². The number of ether oxygens (including phenoxy) is 1. The molecule has 5 N–H and O–H groups in total. The molecule has 2 atom stereocenters. The number of aromatic nitrogens is 2. The van der Waals surface area contributed by atoms with Crippen molar-refractivity contribution in [3.63, 3.8) is 0 Å². The molecule has 4 aromatic rings. The van der Waals surface area contributed by atoms with Crippen molar-refractivity contribution in [3.05, 3.63) is 83.7 Å². The van der Waals surface area contributed by atoms with Gasteiger partial charge < -0.3 is 25.2 Å². The van der Waals surface area contributed by atoms with E-state index in [1.54, 1.807) is 31.2 Å². The van der Waals surface area contributed by atoms with Crippen molar-refractivity contribution in [1.82, 2.24) is 20.0 Å². The SMILES string of the molecule is CCOC(=O)C(CCCCNS(=O)(=O)c1ccc(C)cc1)NC(=O)c1coc(C(N)Cc2c[nH]c3ccccc23)n1. The summed E-state index contributed by atoms with van der Waals surface area (Å²) in [6, 6.07) is 12.9. The second-order valence-corrected chi connectivity index (χ2v) is 11.5. The molecule has 41 heavy (non-hydrogen) atoms. The lowest BCUT2D eigenvalue weighted by atomic mass is 10.1. The van der Waals surface area contributed by atoms with Gasteiger partial charge in [0.15, 0.2) is 5.69 Å². The Morgan fingerprint density at radius 3 is 2.63 bits per heavy atom. The Hall–Kier alpha value is -4.00. The molecule has 0 radical (unpaired) electrons. The molecule has 1 amide bonds. The highest BCUT2D eigenvalue weighted by molar-refractivity contribution is 7.89. The predicted octanol–water partition coefficient (Wildman–Crippen LogP) is 3.52. The molecule has 2 aromatic carbocycles. The maximum Gasteiger partial charge on any atom is 0.328 e. The monoisotopic (exact) mass is 581 g/mol. The van der Waals surface area contributed by atoms with Gasteiger partial charge in [-0.3, -0.25) is 4.79 Å². The van der Waals surface area contributed by atoms with Gasteiger partial charge in [-0.05, 0) is 63.3 Å². The molecule has 0 aliphatic carbocycles. The highest BCUT2D eigenvalue weighted by atomic mass is 32.2. The molecular weight excluding hydrogens is 546 g/mol. The molecule has 0 aliphatic heterocycles. The van der Waals surface area contributed by atoms with Crippen LogP contribution in [0.3, 0.4) is 0 Å². The molecule has 12 heteroatoms. The fourth-order valence-corrected chi connectivity index (χ4v) is 5.47. The molecule has 0 bridgehead atoms. The van der Waals surface area contributed by atoms with E-state index in [1.807, 2.05) is 37.4 Å². The first kappa shape index (κ1) is 30.0. The number of fused-ring (bicyclic) bond motifs is 1. The number of nitrogens with one attached hydrogen (secondary N) is 3. The second kappa shape index (κ2) is 13.6. The fraction of sp³-hybridized carbons (Fsp3) is 0.345. The van der Waals surface area contributed by atoms with Crippen LogP contribution in [0.1, 0.15) is 59.7 Å². The standard InChI is InChI=1S/C29H35N5O6S/c1-3-39-29(36)25(10-6-7-15-32-41(37,38)21-13-11-19(2)12-14-21)33-27(35)26-18-40-28(34-26)23(30)16-20-17-31-24-9-5-4-8-22(20)24/h4-5,8-9,11-14,17-18,23,25,31-32H,3,6-7,10,15-16,30H2,1-2H3,(H,33,35). The average molecular weight is 582 g/mol. The van der Waals surface area contributed by atoms with Crippen molar-refractivity contribution in [2.75, 3.05) is 13.2 Å². The lowest BCUT2D eigenvalue weighted by Crippen LogP contribution is -2.42. The Balaban J connectivity index is 1.30. The molecule has 218 valence electrons. The van der Waals surface area contributed by atoms with Crippen molar-refractivity contribution in [1.29, 1.82) is 0 Å². The topological polar surface area (TPSA) is 169 Å². The Kier molecular flexibility index (Phi) is 9.92. The van der Waals surface area contributed by atoms with Crippen LogP contribution >= 0.6 is 0 Å². The third-order valence-corrected chi connectivity index (χ3v) is 8.08. The molecular formula is C29H35N5O6S. The summed E-state index contributed by atoms with van der Waals surface area (Å²) in [7, 11) is -3.63. The number of aromatic amines is 1. The van der Waals surface area contributed by atoms with Gasteiger partial charge in [-0.15, -0.1) is 0 Å². The van der Waals surface area contributed by atoms with Gasteiger partial charge in [-0.2, -0.15) is 0 Å². The molecule has 0 fully saturated rings. The van der Waals surface area contributed by atoms with Crippen LogP contribution < -0.4 is 15.8 Å². The summed E-state index contributed by atoms with van der Waals surface area (Å²) in [5, 5.41) is 3.71. The van der Waals surface area contributed by atoms with E-state index in [4.69, 9.17) is 14.9 Å². The predicted molar refractivity (Wildman–Crippen MR) is 154 cm³/mol. The molecule has 0 saturated heterocycles. The first-order valence-corrected chi connectivity index (χ1v) is 15.0. The molecule has 0 aliphatic rings. The van der Waals surface area contributed by atoms with E-state index in [1.165, 1.54) is 6.26 Å². The normalized spacial score (nSPS) is 13.1. The largest absolute Gasteiger partial charge is 0.464 e. The molecule has 2 aromatic heterocycles. The van der Waals surface area contributed by atoms with E-state index in [0.29, 0.717) is 19.3 Å². The van der Waals surface area contributed by atoms with E-state index < -0.39 is 34.0 Å². The zero-order valence-corrected chi connectivity index (χ0v) is 23.9. The Morgan fingerprint density at radius 1 is 1.12 bits per heavy atom. The highest BCUT2D eigenvalue weighted by Crippen LogP contribution is 2.23. The lowest BCUT2D eigenvalue weighted by Gasteiger charge is -2.16. The summed E-state index contributed by atoms with van der Waals surface area (Å²) in [6.45, 7) is 3.89. The minimum atomic E-state index is -3.63. The van der Waals surface area contributed by atoms with Crippen LogP contribution in [0.4, 0.5) is 0 Å². The van der Waals surface area contributed by atoms with Crippen LogP contribution in [0, 0.1) is 6.92 Å². The molecule has 2 unspecified atom stereocenters. The number of H-pyrrole nitrogens is 1. The number of carbonyl (C=O) groups excluding carboxylic acids is 2. The summed E-state index contributed by atoms with van der Waals surface area (Å²) < 4.78 is 38.1. The number of oxazole rings is 1. The van der Waals surface area contributed by atoms with Crippen molar-refractivity contribution in [2.45, 2.75) is 56.5 Å². The number of nitrogens with two attached hydrogens (primary N) is 1. The Labute approximate surface area is 238 Å². The number of esters is 1. The minimum Gasteiger partial charge on any atom is -0.464 e. The number of unbranched alkanes of at least 4 members (excludes halogenated alkanes) is 1. The van der Waals surface area contributed by atoms with Crippen molar-refractivity contribution in [3.8, 4) is 0 Å². The Morgan fingerprint density at radius 2 is 1.88 bits per heavy atom. The van der Waals surface area contributed by atoms with Crippen molar-refractivity contribution < 1.29 is 27.2 Å². The molecule has 4 rings (SSSR count). The number of aryl methyl sites for hydroxylation is 1. The first-order chi connectivity index (χ1) is 19.7. The molecule has 11 nitrogen and oxygen atoms in total. The van der Waals surface area contributed by atoms with Crippen LogP contribution in [-0.2, 0) is 26.0 Å². The maximum absolute atomic E-state index is 12.9. The number of benzene rings is 2. The van der Waals surface area contributed by atoms with Crippen LogP contribution in [0.15, 0.2) is 70.3 Å². The Bertz CT molecular complexity index is 1580. The van der Waals surface area contributed by atoms with Crippen LogP contribution in [0.2, 0.25) is 0 Å². The summed E-state index contributed by atoms with van der Waals surface area (Å²) >= 11 is 0. The number of amides is 1. The van der Waals surface area contributed by atoms with Gasteiger partial charge in [0.2, 0.25) is 15.9 Å². The summed E-state index contributed by atoms with van der Waals surface area (Å²) in [6.07, 6.45) is 4.71. The van der Waals surface area contributed by atoms with Gasteiger partial charge in [-0.25, -0.2) is 22.9 Å². The van der Waals surface area contributed by atoms with Crippen LogP contribution in [0.5, 0.6) is 0 Å². The van der Waals surface area contributed by atoms with Crippen molar-refractivity contribution in [2.24, 2.45) is 5.73 Å².